The minimum absolute atomic E-state index is 0.441. The van der Waals surface area contributed by atoms with Crippen molar-refractivity contribution >= 4 is 0 Å². The second kappa shape index (κ2) is 6.91. The molecular weight excluding hydrogens is 254 g/mol. The molecule has 21 heavy (non-hydrogen) atoms. The maximum absolute atomic E-state index is 3.58. The first-order valence-corrected chi connectivity index (χ1v) is 8.15. The second-order valence-electron chi connectivity index (χ2n) is 6.21. The zero-order valence-corrected chi connectivity index (χ0v) is 12.8. The first-order valence-electron chi connectivity index (χ1n) is 8.15. The molecular formula is C20H25N. The highest BCUT2D eigenvalue weighted by Crippen LogP contribution is 2.37. The number of benzene rings is 2. The van der Waals surface area contributed by atoms with Crippen molar-refractivity contribution < 1.29 is 0 Å². The van der Waals surface area contributed by atoms with Gasteiger partial charge >= 0.3 is 0 Å². The van der Waals surface area contributed by atoms with Crippen LogP contribution in [0, 0.1) is 5.92 Å². The zero-order valence-electron chi connectivity index (χ0n) is 12.8. The van der Waals surface area contributed by atoms with Crippen molar-refractivity contribution in [1.29, 1.82) is 0 Å². The van der Waals surface area contributed by atoms with Gasteiger partial charge in [-0.25, -0.2) is 0 Å². The van der Waals surface area contributed by atoms with Crippen LogP contribution in [0.1, 0.15) is 42.7 Å². The van der Waals surface area contributed by atoms with Gasteiger partial charge in [-0.05, 0) is 36.9 Å². The third-order valence-electron chi connectivity index (χ3n) is 4.67. The first-order chi connectivity index (χ1) is 10.4. The molecule has 0 heterocycles. The lowest BCUT2D eigenvalue weighted by molar-refractivity contribution is 0.447. The van der Waals surface area contributed by atoms with Gasteiger partial charge in [0.15, 0.2) is 0 Å². The summed E-state index contributed by atoms with van der Waals surface area (Å²) >= 11 is 0. The van der Waals surface area contributed by atoms with Gasteiger partial charge in [0.05, 0.1) is 0 Å². The van der Waals surface area contributed by atoms with Gasteiger partial charge < -0.3 is 5.32 Å². The van der Waals surface area contributed by atoms with Crippen LogP contribution in [0.4, 0.5) is 0 Å². The Labute approximate surface area is 128 Å². The van der Waals surface area contributed by atoms with Crippen molar-refractivity contribution in [3.05, 3.63) is 71.8 Å². The van der Waals surface area contributed by atoms with Crippen LogP contribution < -0.4 is 5.32 Å². The predicted molar refractivity (Wildman–Crippen MR) is 89.5 cm³/mol. The third kappa shape index (κ3) is 3.74. The van der Waals surface area contributed by atoms with Crippen molar-refractivity contribution in [2.45, 2.75) is 37.6 Å². The van der Waals surface area contributed by atoms with Gasteiger partial charge in [0.25, 0.3) is 0 Å². The molecule has 0 aliphatic heterocycles. The minimum Gasteiger partial charge on any atom is -0.316 e. The van der Waals surface area contributed by atoms with Gasteiger partial charge in [-0.1, -0.05) is 73.5 Å². The highest BCUT2D eigenvalue weighted by molar-refractivity contribution is 5.34. The van der Waals surface area contributed by atoms with E-state index in [1.54, 1.807) is 0 Å². The fourth-order valence-corrected chi connectivity index (χ4v) is 3.28. The van der Waals surface area contributed by atoms with Crippen molar-refractivity contribution in [1.82, 2.24) is 5.32 Å². The fourth-order valence-electron chi connectivity index (χ4n) is 3.28. The minimum atomic E-state index is 0.441. The number of likely N-dealkylation sites (N-methyl/N-ethyl adjacent to an activating group) is 1. The van der Waals surface area contributed by atoms with E-state index in [4.69, 9.17) is 0 Å². The van der Waals surface area contributed by atoms with Crippen molar-refractivity contribution in [2.75, 3.05) is 7.05 Å². The quantitative estimate of drug-likeness (QED) is 0.781. The van der Waals surface area contributed by atoms with Crippen LogP contribution in [0.15, 0.2) is 60.7 Å². The Morgan fingerprint density at radius 1 is 0.905 bits per heavy atom. The SMILES string of the molecule is CNC(CCC1CC1)C(c1ccccc1)c1ccccc1. The molecule has 0 spiro atoms. The normalized spacial score (nSPS) is 16.1. The lowest BCUT2D eigenvalue weighted by Gasteiger charge is -2.28. The van der Waals surface area contributed by atoms with Gasteiger partial charge in [-0.2, -0.15) is 0 Å². The molecule has 1 fully saturated rings. The number of hydrogen-bond acceptors (Lipinski definition) is 1. The summed E-state index contributed by atoms with van der Waals surface area (Å²) in [6.45, 7) is 0. The Morgan fingerprint density at radius 3 is 1.86 bits per heavy atom. The van der Waals surface area contributed by atoms with E-state index in [0.717, 1.165) is 5.92 Å². The molecule has 1 unspecified atom stereocenters. The van der Waals surface area contributed by atoms with E-state index in [-0.39, 0.29) is 0 Å². The summed E-state index contributed by atoms with van der Waals surface area (Å²) in [5.41, 5.74) is 2.83. The summed E-state index contributed by atoms with van der Waals surface area (Å²) in [6.07, 6.45) is 5.51. The molecule has 1 aliphatic rings. The molecule has 2 aromatic rings. The highest BCUT2D eigenvalue weighted by atomic mass is 14.9. The molecule has 0 radical (unpaired) electrons. The summed E-state index contributed by atoms with van der Waals surface area (Å²) in [4.78, 5) is 0. The van der Waals surface area contributed by atoms with Gasteiger partial charge in [-0.3, -0.25) is 0 Å². The lowest BCUT2D eigenvalue weighted by Crippen LogP contribution is -2.33. The standard InChI is InChI=1S/C20H25N/c1-21-19(15-14-16-12-13-16)20(17-8-4-2-5-9-17)18-10-6-3-7-11-18/h2-11,16,19-21H,12-15H2,1H3. The van der Waals surface area contributed by atoms with Gasteiger partial charge in [0, 0.05) is 12.0 Å². The van der Waals surface area contributed by atoms with E-state index in [9.17, 15) is 0 Å². The Hall–Kier alpha value is -1.60. The summed E-state index contributed by atoms with van der Waals surface area (Å²) in [7, 11) is 2.11. The third-order valence-corrected chi connectivity index (χ3v) is 4.67. The average molecular weight is 279 g/mol. The lowest BCUT2D eigenvalue weighted by atomic mass is 9.83. The van der Waals surface area contributed by atoms with Crippen LogP contribution in [-0.2, 0) is 0 Å². The summed E-state index contributed by atoms with van der Waals surface area (Å²) < 4.78 is 0. The molecule has 1 atom stereocenters. The van der Waals surface area contributed by atoms with E-state index in [1.165, 1.54) is 36.8 Å². The monoisotopic (exact) mass is 279 g/mol. The Balaban J connectivity index is 1.86. The van der Waals surface area contributed by atoms with Crippen molar-refractivity contribution in [3.8, 4) is 0 Å². The molecule has 0 aromatic heterocycles. The molecule has 1 heteroatoms. The smallest absolute Gasteiger partial charge is 0.0243 e. The molecule has 110 valence electrons. The zero-order chi connectivity index (χ0) is 14.5. The molecule has 1 nitrogen and oxygen atoms in total. The molecule has 1 N–H and O–H groups in total. The van der Waals surface area contributed by atoms with Gasteiger partial charge in [0.1, 0.15) is 0 Å². The average Bonchev–Trinajstić information content (AvgIpc) is 3.37. The Morgan fingerprint density at radius 2 is 1.43 bits per heavy atom. The predicted octanol–water partition coefficient (Wildman–Crippen LogP) is 4.60. The number of nitrogens with one attached hydrogen (secondary N) is 1. The van der Waals surface area contributed by atoms with E-state index in [2.05, 4.69) is 73.0 Å². The molecule has 2 aromatic carbocycles. The Bertz CT molecular complexity index is 491. The highest BCUT2D eigenvalue weighted by Gasteiger charge is 2.27. The molecule has 3 rings (SSSR count). The largest absolute Gasteiger partial charge is 0.316 e. The maximum atomic E-state index is 3.58. The summed E-state index contributed by atoms with van der Waals surface area (Å²) in [6, 6.07) is 22.4. The number of rotatable bonds is 7. The molecule has 1 aliphatic carbocycles. The molecule has 0 amide bonds. The molecule has 0 saturated heterocycles. The first kappa shape index (κ1) is 14.3. The van der Waals surface area contributed by atoms with Crippen LogP contribution in [0.25, 0.3) is 0 Å². The Kier molecular flexibility index (Phi) is 4.72. The molecule has 1 saturated carbocycles. The van der Waals surface area contributed by atoms with Crippen molar-refractivity contribution in [2.24, 2.45) is 5.92 Å². The number of hydrogen-bond donors (Lipinski definition) is 1. The topological polar surface area (TPSA) is 12.0 Å². The van der Waals surface area contributed by atoms with E-state index < -0.39 is 0 Å². The van der Waals surface area contributed by atoms with Crippen LogP contribution in [-0.4, -0.2) is 13.1 Å². The van der Waals surface area contributed by atoms with Gasteiger partial charge in [-0.15, -0.1) is 0 Å². The van der Waals surface area contributed by atoms with Crippen molar-refractivity contribution in [3.63, 3.8) is 0 Å². The van der Waals surface area contributed by atoms with Gasteiger partial charge in [0.2, 0.25) is 0 Å². The summed E-state index contributed by atoms with van der Waals surface area (Å²) in [5.74, 6) is 1.43. The van der Waals surface area contributed by atoms with Crippen LogP contribution in [0.2, 0.25) is 0 Å². The van der Waals surface area contributed by atoms with E-state index in [0.29, 0.717) is 12.0 Å². The molecule has 0 bridgehead atoms. The second-order valence-corrected chi connectivity index (χ2v) is 6.21. The van der Waals surface area contributed by atoms with E-state index >= 15 is 0 Å². The van der Waals surface area contributed by atoms with Crippen LogP contribution >= 0.6 is 0 Å². The van der Waals surface area contributed by atoms with E-state index in [1.807, 2.05) is 0 Å². The fraction of sp³-hybridized carbons (Fsp3) is 0.400. The maximum Gasteiger partial charge on any atom is 0.0243 e. The van der Waals surface area contributed by atoms with Crippen LogP contribution in [0.3, 0.4) is 0 Å². The summed E-state index contributed by atoms with van der Waals surface area (Å²) in [5, 5.41) is 3.58. The van der Waals surface area contributed by atoms with Crippen LogP contribution in [0.5, 0.6) is 0 Å².